The normalized spacial score (nSPS) is 22.5. The second kappa shape index (κ2) is 4.49. The summed E-state index contributed by atoms with van der Waals surface area (Å²) in [6, 6.07) is 1.97. The standard InChI is InChI=1S/C11H17N3O/c1-9-8-14(5-2-6-15-9)11-3-4-13-7-10(11)12/h3-4,7,9H,2,5-6,8,12H2,1H3. The number of nitrogens with two attached hydrogens (primary N) is 1. The van der Waals surface area contributed by atoms with Crippen molar-refractivity contribution in [2.45, 2.75) is 19.4 Å². The first-order valence-corrected chi connectivity index (χ1v) is 5.33. The quantitative estimate of drug-likeness (QED) is 0.753. The number of nitrogen functional groups attached to an aromatic ring is 1. The molecule has 0 aromatic carbocycles. The highest BCUT2D eigenvalue weighted by atomic mass is 16.5. The van der Waals surface area contributed by atoms with Crippen molar-refractivity contribution in [1.82, 2.24) is 4.98 Å². The van der Waals surface area contributed by atoms with Crippen LogP contribution >= 0.6 is 0 Å². The largest absolute Gasteiger partial charge is 0.396 e. The van der Waals surface area contributed by atoms with Gasteiger partial charge in [0.2, 0.25) is 0 Å². The van der Waals surface area contributed by atoms with E-state index in [0.29, 0.717) is 0 Å². The lowest BCUT2D eigenvalue weighted by atomic mass is 10.2. The van der Waals surface area contributed by atoms with Gasteiger partial charge < -0.3 is 15.4 Å². The summed E-state index contributed by atoms with van der Waals surface area (Å²) >= 11 is 0. The zero-order valence-electron chi connectivity index (χ0n) is 9.02. The maximum absolute atomic E-state index is 5.90. The van der Waals surface area contributed by atoms with E-state index < -0.39 is 0 Å². The van der Waals surface area contributed by atoms with E-state index in [9.17, 15) is 0 Å². The number of rotatable bonds is 1. The summed E-state index contributed by atoms with van der Waals surface area (Å²) in [5.74, 6) is 0. The van der Waals surface area contributed by atoms with Crippen molar-refractivity contribution in [3.8, 4) is 0 Å². The Hall–Kier alpha value is -1.29. The second-order valence-corrected chi connectivity index (χ2v) is 3.92. The molecular weight excluding hydrogens is 190 g/mol. The summed E-state index contributed by atoms with van der Waals surface area (Å²) in [7, 11) is 0. The average molecular weight is 207 g/mol. The molecular formula is C11H17N3O. The van der Waals surface area contributed by atoms with E-state index in [1.54, 1.807) is 12.4 Å². The highest BCUT2D eigenvalue weighted by molar-refractivity contribution is 5.66. The summed E-state index contributed by atoms with van der Waals surface area (Å²) in [6.07, 6.45) is 4.79. The van der Waals surface area contributed by atoms with Gasteiger partial charge in [-0.3, -0.25) is 4.98 Å². The molecule has 1 aromatic heterocycles. The average Bonchev–Trinajstić information content (AvgIpc) is 2.43. The van der Waals surface area contributed by atoms with Crippen LogP contribution in [0.25, 0.3) is 0 Å². The fraction of sp³-hybridized carbons (Fsp3) is 0.545. The lowest BCUT2D eigenvalue weighted by Crippen LogP contribution is -2.30. The Bertz CT molecular complexity index is 329. The van der Waals surface area contributed by atoms with E-state index >= 15 is 0 Å². The fourth-order valence-corrected chi connectivity index (χ4v) is 1.90. The van der Waals surface area contributed by atoms with E-state index in [-0.39, 0.29) is 6.10 Å². The van der Waals surface area contributed by atoms with Gasteiger partial charge in [-0.05, 0) is 19.4 Å². The van der Waals surface area contributed by atoms with Crippen LogP contribution < -0.4 is 10.6 Å². The maximum atomic E-state index is 5.90. The summed E-state index contributed by atoms with van der Waals surface area (Å²) < 4.78 is 5.60. The number of aromatic nitrogens is 1. The van der Waals surface area contributed by atoms with Crippen LogP contribution in [0.4, 0.5) is 11.4 Å². The molecule has 1 aliphatic rings. The molecule has 2 heterocycles. The van der Waals surface area contributed by atoms with Gasteiger partial charge >= 0.3 is 0 Å². The molecule has 2 rings (SSSR count). The summed E-state index contributed by atoms with van der Waals surface area (Å²) in [5, 5.41) is 0. The SMILES string of the molecule is CC1CN(c2ccncc2N)CCCO1. The first-order valence-electron chi connectivity index (χ1n) is 5.33. The second-order valence-electron chi connectivity index (χ2n) is 3.92. The lowest BCUT2D eigenvalue weighted by molar-refractivity contribution is 0.0821. The summed E-state index contributed by atoms with van der Waals surface area (Å²) in [4.78, 5) is 6.27. The van der Waals surface area contributed by atoms with Crippen LogP contribution in [-0.4, -0.2) is 30.8 Å². The van der Waals surface area contributed by atoms with Crippen LogP contribution in [0.5, 0.6) is 0 Å². The van der Waals surface area contributed by atoms with Crippen LogP contribution in [0.1, 0.15) is 13.3 Å². The lowest BCUT2D eigenvalue weighted by Gasteiger charge is -2.25. The molecule has 1 saturated heterocycles. The molecule has 0 saturated carbocycles. The number of hydrogen-bond donors (Lipinski definition) is 1. The third-order valence-electron chi connectivity index (χ3n) is 2.62. The molecule has 0 amide bonds. The molecule has 1 aliphatic heterocycles. The molecule has 1 aromatic rings. The van der Waals surface area contributed by atoms with Crippen LogP contribution in [0.3, 0.4) is 0 Å². The Labute approximate surface area is 90.0 Å². The minimum atomic E-state index is 0.264. The maximum Gasteiger partial charge on any atom is 0.0738 e. The Morgan fingerprint density at radius 2 is 2.47 bits per heavy atom. The minimum absolute atomic E-state index is 0.264. The Morgan fingerprint density at radius 1 is 1.60 bits per heavy atom. The van der Waals surface area contributed by atoms with Gasteiger partial charge in [0.05, 0.1) is 23.7 Å². The molecule has 2 N–H and O–H groups in total. The number of nitrogens with zero attached hydrogens (tertiary/aromatic N) is 2. The fourth-order valence-electron chi connectivity index (χ4n) is 1.90. The smallest absolute Gasteiger partial charge is 0.0738 e. The topological polar surface area (TPSA) is 51.4 Å². The molecule has 15 heavy (non-hydrogen) atoms. The van der Waals surface area contributed by atoms with Gasteiger partial charge in [-0.2, -0.15) is 0 Å². The summed E-state index contributed by atoms with van der Waals surface area (Å²) in [6.45, 7) is 4.82. The highest BCUT2D eigenvalue weighted by Crippen LogP contribution is 2.23. The predicted octanol–water partition coefficient (Wildman–Crippen LogP) is 1.28. The monoisotopic (exact) mass is 207 g/mol. The van der Waals surface area contributed by atoms with E-state index in [1.807, 2.05) is 6.07 Å². The van der Waals surface area contributed by atoms with Gasteiger partial charge in [0.1, 0.15) is 0 Å². The van der Waals surface area contributed by atoms with Crippen LogP contribution in [-0.2, 0) is 4.74 Å². The van der Waals surface area contributed by atoms with Gasteiger partial charge in [0.15, 0.2) is 0 Å². The molecule has 4 nitrogen and oxygen atoms in total. The Balaban J connectivity index is 2.18. The van der Waals surface area contributed by atoms with Gasteiger partial charge in [-0.1, -0.05) is 0 Å². The van der Waals surface area contributed by atoms with E-state index in [2.05, 4.69) is 16.8 Å². The molecule has 1 unspecified atom stereocenters. The van der Waals surface area contributed by atoms with Gasteiger partial charge in [0.25, 0.3) is 0 Å². The number of ether oxygens (including phenoxy) is 1. The molecule has 0 radical (unpaired) electrons. The molecule has 82 valence electrons. The van der Waals surface area contributed by atoms with Crippen molar-refractivity contribution < 1.29 is 4.74 Å². The third-order valence-corrected chi connectivity index (χ3v) is 2.62. The molecule has 0 aliphatic carbocycles. The van der Waals surface area contributed by atoms with E-state index in [1.165, 1.54) is 0 Å². The van der Waals surface area contributed by atoms with Crippen molar-refractivity contribution in [3.63, 3.8) is 0 Å². The first-order chi connectivity index (χ1) is 7.27. The minimum Gasteiger partial charge on any atom is -0.396 e. The molecule has 0 bridgehead atoms. The van der Waals surface area contributed by atoms with Gasteiger partial charge in [0, 0.05) is 25.9 Å². The predicted molar refractivity (Wildman–Crippen MR) is 60.9 cm³/mol. The van der Waals surface area contributed by atoms with Crippen LogP contribution in [0, 0.1) is 0 Å². The van der Waals surface area contributed by atoms with Crippen molar-refractivity contribution in [2.24, 2.45) is 0 Å². The molecule has 1 fully saturated rings. The van der Waals surface area contributed by atoms with Crippen molar-refractivity contribution >= 4 is 11.4 Å². The van der Waals surface area contributed by atoms with Gasteiger partial charge in [-0.15, -0.1) is 0 Å². The van der Waals surface area contributed by atoms with Crippen LogP contribution in [0.15, 0.2) is 18.5 Å². The van der Waals surface area contributed by atoms with Crippen molar-refractivity contribution in [2.75, 3.05) is 30.3 Å². The molecule has 1 atom stereocenters. The number of anilines is 2. The van der Waals surface area contributed by atoms with Crippen molar-refractivity contribution in [1.29, 1.82) is 0 Å². The zero-order valence-corrected chi connectivity index (χ0v) is 9.02. The van der Waals surface area contributed by atoms with Crippen LogP contribution in [0.2, 0.25) is 0 Å². The highest BCUT2D eigenvalue weighted by Gasteiger charge is 2.16. The Kier molecular flexibility index (Phi) is 3.06. The Morgan fingerprint density at radius 3 is 3.27 bits per heavy atom. The van der Waals surface area contributed by atoms with Gasteiger partial charge in [-0.25, -0.2) is 0 Å². The zero-order chi connectivity index (χ0) is 10.7. The first kappa shape index (κ1) is 10.2. The molecule has 4 heteroatoms. The number of hydrogen-bond acceptors (Lipinski definition) is 4. The number of pyridine rings is 1. The van der Waals surface area contributed by atoms with Crippen molar-refractivity contribution in [3.05, 3.63) is 18.5 Å². The van der Waals surface area contributed by atoms with E-state index in [4.69, 9.17) is 10.5 Å². The van der Waals surface area contributed by atoms with E-state index in [0.717, 1.165) is 37.5 Å². The third kappa shape index (κ3) is 2.39. The molecule has 0 spiro atoms. The summed E-state index contributed by atoms with van der Waals surface area (Å²) in [5.41, 5.74) is 7.72.